The maximum Gasteiger partial charge on any atom is 0.0976 e. The zero-order valence-electron chi connectivity index (χ0n) is 15.9. The van der Waals surface area contributed by atoms with E-state index in [1.807, 2.05) is 30.0 Å². The monoisotopic (exact) mass is 374 g/mol. The van der Waals surface area contributed by atoms with Crippen LogP contribution in [0.25, 0.3) is 5.57 Å². The molecule has 138 valence electrons. The molecule has 0 aliphatic carbocycles. The molecular formula is C25H28NS+. The normalized spacial score (nSPS) is 12.7. The van der Waals surface area contributed by atoms with Crippen LogP contribution in [-0.4, -0.2) is 30.7 Å². The first-order chi connectivity index (χ1) is 13.2. The topological polar surface area (TPSA) is 0 Å². The van der Waals surface area contributed by atoms with Crippen molar-refractivity contribution in [3.8, 4) is 0 Å². The molecule has 0 amide bonds. The lowest BCUT2D eigenvalue weighted by Gasteiger charge is -2.36. The van der Waals surface area contributed by atoms with Crippen molar-refractivity contribution in [2.75, 3.05) is 26.2 Å². The first-order valence-corrected chi connectivity index (χ1v) is 10.3. The molecule has 0 saturated heterocycles. The van der Waals surface area contributed by atoms with Crippen molar-refractivity contribution in [2.45, 2.75) is 16.2 Å². The van der Waals surface area contributed by atoms with Gasteiger partial charge in [0.1, 0.15) is 0 Å². The molecule has 2 aromatic rings. The van der Waals surface area contributed by atoms with Crippen LogP contribution in [0.4, 0.5) is 0 Å². The Bertz CT molecular complexity index is 788. The molecule has 1 nitrogen and oxygen atoms in total. The molecule has 0 saturated carbocycles. The van der Waals surface area contributed by atoms with Crippen LogP contribution in [0.1, 0.15) is 17.5 Å². The first-order valence-electron chi connectivity index (χ1n) is 9.47. The minimum absolute atomic E-state index is 0.929. The molecule has 0 fully saturated rings. The van der Waals surface area contributed by atoms with Crippen LogP contribution in [0.15, 0.2) is 102 Å². The summed E-state index contributed by atoms with van der Waals surface area (Å²) in [6, 6.07) is 17.4. The molecule has 0 bridgehead atoms. The zero-order chi connectivity index (χ0) is 19.1. The van der Waals surface area contributed by atoms with E-state index in [2.05, 4.69) is 74.3 Å². The number of benzene rings is 2. The first kappa shape index (κ1) is 19.5. The molecule has 0 aromatic heterocycles. The summed E-state index contributed by atoms with van der Waals surface area (Å²) in [6.07, 6.45) is 9.48. The van der Waals surface area contributed by atoms with E-state index in [1.165, 1.54) is 26.5 Å². The van der Waals surface area contributed by atoms with Gasteiger partial charge >= 0.3 is 0 Å². The SMILES string of the molecule is C=CC[N+](CC=C)(CC=C)CCC=C1c2ccccc2Sc2ccccc21. The van der Waals surface area contributed by atoms with Crippen LogP contribution in [-0.2, 0) is 0 Å². The van der Waals surface area contributed by atoms with E-state index in [4.69, 9.17) is 0 Å². The van der Waals surface area contributed by atoms with Gasteiger partial charge in [0.2, 0.25) is 0 Å². The van der Waals surface area contributed by atoms with E-state index in [1.54, 1.807) is 0 Å². The number of rotatable bonds is 9. The predicted molar refractivity (Wildman–Crippen MR) is 119 cm³/mol. The van der Waals surface area contributed by atoms with Crippen LogP contribution >= 0.6 is 11.8 Å². The average Bonchev–Trinajstić information content (AvgIpc) is 2.68. The molecule has 0 radical (unpaired) electrons. The molecule has 3 rings (SSSR count). The van der Waals surface area contributed by atoms with Crippen LogP contribution < -0.4 is 0 Å². The Morgan fingerprint density at radius 3 is 1.70 bits per heavy atom. The largest absolute Gasteiger partial charge is 0.314 e. The van der Waals surface area contributed by atoms with Crippen molar-refractivity contribution in [1.29, 1.82) is 0 Å². The fourth-order valence-electron chi connectivity index (χ4n) is 3.84. The van der Waals surface area contributed by atoms with Crippen LogP contribution in [0.3, 0.4) is 0 Å². The van der Waals surface area contributed by atoms with Gasteiger partial charge in [-0.15, -0.1) is 0 Å². The van der Waals surface area contributed by atoms with Crippen molar-refractivity contribution >= 4 is 17.3 Å². The Morgan fingerprint density at radius 1 is 0.741 bits per heavy atom. The van der Waals surface area contributed by atoms with Crippen LogP contribution in [0.5, 0.6) is 0 Å². The van der Waals surface area contributed by atoms with Crippen LogP contribution in [0.2, 0.25) is 0 Å². The quantitative estimate of drug-likeness (QED) is 0.311. The molecule has 0 unspecified atom stereocenters. The highest BCUT2D eigenvalue weighted by molar-refractivity contribution is 7.99. The summed E-state index contributed by atoms with van der Waals surface area (Å²) in [7, 11) is 0. The molecule has 1 heterocycles. The second-order valence-corrected chi connectivity index (χ2v) is 8.06. The molecule has 0 atom stereocenters. The standard InChI is InChI=1S/C25H28NS/c1-4-17-26(18-5-2,19-6-3)20-11-14-21-22-12-7-9-15-24(22)27-25-16-10-8-13-23(21)25/h4-10,12-16H,1-3,11,17-20H2/q+1. The predicted octanol–water partition coefficient (Wildman–Crippen LogP) is 6.35. The minimum Gasteiger partial charge on any atom is -0.314 e. The van der Waals surface area contributed by atoms with Gasteiger partial charge in [0, 0.05) is 16.2 Å². The summed E-state index contributed by atoms with van der Waals surface area (Å²) < 4.78 is 0.929. The second-order valence-electron chi connectivity index (χ2n) is 6.98. The fraction of sp³-hybridized carbons (Fsp3) is 0.200. The lowest BCUT2D eigenvalue weighted by atomic mass is 9.96. The van der Waals surface area contributed by atoms with Gasteiger partial charge in [-0.3, -0.25) is 0 Å². The molecule has 2 aromatic carbocycles. The third-order valence-electron chi connectivity index (χ3n) is 5.08. The lowest BCUT2D eigenvalue weighted by molar-refractivity contribution is -0.911. The lowest BCUT2D eigenvalue weighted by Crippen LogP contribution is -2.48. The Labute approximate surface area is 168 Å². The number of fused-ring (bicyclic) bond motifs is 2. The Morgan fingerprint density at radius 2 is 1.22 bits per heavy atom. The smallest absolute Gasteiger partial charge is 0.0976 e. The Balaban J connectivity index is 1.91. The number of hydrogen-bond donors (Lipinski definition) is 0. The highest BCUT2D eigenvalue weighted by Crippen LogP contribution is 2.45. The van der Waals surface area contributed by atoms with Gasteiger partial charge in [0.25, 0.3) is 0 Å². The van der Waals surface area contributed by atoms with Gasteiger partial charge in [-0.05, 0) is 47.1 Å². The molecule has 1 aliphatic rings. The summed E-state index contributed by atoms with van der Waals surface area (Å²) >= 11 is 1.87. The van der Waals surface area contributed by atoms with Gasteiger partial charge in [-0.1, -0.05) is 74.0 Å². The maximum absolute atomic E-state index is 3.97. The van der Waals surface area contributed by atoms with E-state index >= 15 is 0 Å². The average molecular weight is 375 g/mol. The summed E-state index contributed by atoms with van der Waals surface area (Å²) in [5.41, 5.74) is 4.04. The molecule has 0 spiro atoms. The van der Waals surface area contributed by atoms with Crippen molar-refractivity contribution in [1.82, 2.24) is 0 Å². The van der Waals surface area contributed by atoms with Crippen molar-refractivity contribution in [2.24, 2.45) is 0 Å². The van der Waals surface area contributed by atoms with E-state index in [0.29, 0.717) is 0 Å². The molecule has 1 aliphatic heterocycles. The summed E-state index contributed by atoms with van der Waals surface area (Å²) in [5.74, 6) is 0. The fourth-order valence-corrected chi connectivity index (χ4v) is 4.95. The van der Waals surface area contributed by atoms with Gasteiger partial charge in [0.15, 0.2) is 0 Å². The summed E-state index contributed by atoms with van der Waals surface area (Å²) in [6.45, 7) is 15.7. The maximum atomic E-state index is 3.97. The Kier molecular flexibility index (Phi) is 6.54. The molecular weight excluding hydrogens is 346 g/mol. The third kappa shape index (κ3) is 4.35. The highest BCUT2D eigenvalue weighted by atomic mass is 32.2. The summed E-state index contributed by atoms with van der Waals surface area (Å²) in [4.78, 5) is 2.68. The van der Waals surface area contributed by atoms with Gasteiger partial charge in [-0.25, -0.2) is 0 Å². The Hall–Kier alpha value is -2.29. The van der Waals surface area contributed by atoms with Gasteiger partial charge in [0.05, 0.1) is 26.2 Å². The van der Waals surface area contributed by atoms with Crippen molar-refractivity contribution in [3.05, 3.63) is 104 Å². The highest BCUT2D eigenvalue weighted by Gasteiger charge is 2.23. The van der Waals surface area contributed by atoms with E-state index in [9.17, 15) is 0 Å². The van der Waals surface area contributed by atoms with E-state index < -0.39 is 0 Å². The second kappa shape index (κ2) is 9.07. The van der Waals surface area contributed by atoms with Crippen LogP contribution in [0, 0.1) is 0 Å². The number of quaternary nitrogens is 1. The zero-order valence-corrected chi connectivity index (χ0v) is 16.8. The van der Waals surface area contributed by atoms with Gasteiger partial charge in [-0.2, -0.15) is 0 Å². The summed E-state index contributed by atoms with van der Waals surface area (Å²) in [5, 5.41) is 0. The number of hydrogen-bond acceptors (Lipinski definition) is 1. The van der Waals surface area contributed by atoms with Gasteiger partial charge < -0.3 is 4.48 Å². The molecule has 0 N–H and O–H groups in total. The van der Waals surface area contributed by atoms with E-state index in [-0.39, 0.29) is 0 Å². The van der Waals surface area contributed by atoms with Crippen molar-refractivity contribution in [3.63, 3.8) is 0 Å². The van der Waals surface area contributed by atoms with E-state index in [0.717, 1.165) is 37.1 Å². The molecule has 2 heteroatoms. The van der Waals surface area contributed by atoms with Crippen molar-refractivity contribution < 1.29 is 4.48 Å². The number of nitrogens with zero attached hydrogens (tertiary/aromatic N) is 1. The minimum atomic E-state index is 0.929. The molecule has 27 heavy (non-hydrogen) atoms. The third-order valence-corrected chi connectivity index (χ3v) is 6.23.